The van der Waals surface area contributed by atoms with Crippen molar-refractivity contribution in [3.8, 4) is 0 Å². The van der Waals surface area contributed by atoms with Crippen LogP contribution in [0.5, 0.6) is 0 Å². The Labute approximate surface area is 162 Å². The highest BCUT2D eigenvalue weighted by molar-refractivity contribution is 7.14. The van der Waals surface area contributed by atoms with Crippen LogP contribution < -0.4 is 5.32 Å². The minimum absolute atomic E-state index is 0.00102. The van der Waals surface area contributed by atoms with E-state index in [4.69, 9.17) is 0 Å². The van der Waals surface area contributed by atoms with E-state index in [1.54, 1.807) is 18.5 Å². The van der Waals surface area contributed by atoms with Crippen molar-refractivity contribution in [2.45, 2.75) is 38.0 Å². The predicted octanol–water partition coefficient (Wildman–Crippen LogP) is 3.85. The molecule has 0 atom stereocenters. The third kappa shape index (κ3) is 3.51. The van der Waals surface area contributed by atoms with Crippen molar-refractivity contribution >= 4 is 34.9 Å². The summed E-state index contributed by atoms with van der Waals surface area (Å²) in [7, 11) is 0. The molecule has 1 N–H and O–H groups in total. The van der Waals surface area contributed by atoms with Crippen LogP contribution in [-0.2, 0) is 4.79 Å². The Bertz CT molecular complexity index is 1010. The highest BCUT2D eigenvalue weighted by atomic mass is 32.1. The van der Waals surface area contributed by atoms with Gasteiger partial charge in [-0.15, -0.1) is 11.3 Å². The second-order valence-corrected chi connectivity index (χ2v) is 7.75. The molecular weight excluding hydrogens is 388 g/mol. The minimum Gasteiger partial charge on any atom is -0.317 e. The smallest absolute Gasteiger partial charge is 0.282 e. The molecule has 1 amide bonds. The van der Waals surface area contributed by atoms with Gasteiger partial charge in [0, 0.05) is 24.2 Å². The quantitative estimate of drug-likeness (QED) is 0.652. The maximum atomic E-state index is 13.5. The van der Waals surface area contributed by atoms with Gasteiger partial charge < -0.3 is 10.1 Å². The van der Waals surface area contributed by atoms with Crippen molar-refractivity contribution in [3.63, 3.8) is 0 Å². The number of thiazole rings is 1. The molecule has 4 rings (SSSR count). The number of anilines is 1. The maximum Gasteiger partial charge on any atom is 0.282 e. The minimum atomic E-state index is -2.85. The van der Waals surface area contributed by atoms with Gasteiger partial charge >= 0.3 is 0 Å². The van der Waals surface area contributed by atoms with Crippen molar-refractivity contribution in [1.82, 2.24) is 19.6 Å². The van der Waals surface area contributed by atoms with Gasteiger partial charge in [-0.25, -0.2) is 23.3 Å². The summed E-state index contributed by atoms with van der Waals surface area (Å²) in [6, 6.07) is 1.69. The van der Waals surface area contributed by atoms with Gasteiger partial charge in [0.05, 0.1) is 11.2 Å². The summed E-state index contributed by atoms with van der Waals surface area (Å²) in [5, 5.41) is 7.21. The predicted molar refractivity (Wildman–Crippen MR) is 98.8 cm³/mol. The number of aldehydes is 1. The van der Waals surface area contributed by atoms with E-state index in [1.165, 1.54) is 10.7 Å². The average Bonchev–Trinajstić information content (AvgIpc) is 3.33. The molecule has 28 heavy (non-hydrogen) atoms. The molecule has 1 saturated carbocycles. The summed E-state index contributed by atoms with van der Waals surface area (Å²) in [6.45, 7) is 0. The molecule has 0 bridgehead atoms. The summed E-state index contributed by atoms with van der Waals surface area (Å²) >= 11 is 0.999. The topological polar surface area (TPSA) is 89.2 Å². The number of aromatic nitrogens is 4. The molecule has 7 nitrogen and oxygen atoms in total. The van der Waals surface area contributed by atoms with Crippen LogP contribution >= 0.6 is 11.3 Å². The van der Waals surface area contributed by atoms with E-state index < -0.39 is 18.0 Å². The molecule has 0 aliphatic heterocycles. The standard InChI is InChI=1S/C18H17F2N5O2S/c19-15(20)13-14(28-18(24-13)11-4-2-10(9-26)3-5-11)17(27)23-12-8-22-25-7-1-6-21-16(12)25/h1,6-11,15H,2-5H2,(H,23,27). The monoisotopic (exact) mass is 405 g/mol. The molecule has 1 fully saturated rings. The number of hydrogen-bond donors (Lipinski definition) is 1. The van der Waals surface area contributed by atoms with E-state index in [9.17, 15) is 18.4 Å². The van der Waals surface area contributed by atoms with Gasteiger partial charge in [0.1, 0.15) is 22.5 Å². The van der Waals surface area contributed by atoms with Crippen LogP contribution in [0.25, 0.3) is 5.65 Å². The van der Waals surface area contributed by atoms with Gasteiger partial charge in [0.15, 0.2) is 5.65 Å². The molecule has 3 aromatic rings. The number of amides is 1. The zero-order valence-electron chi connectivity index (χ0n) is 14.7. The van der Waals surface area contributed by atoms with E-state index >= 15 is 0 Å². The summed E-state index contributed by atoms with van der Waals surface area (Å²) < 4.78 is 28.5. The van der Waals surface area contributed by atoms with Gasteiger partial charge in [-0.05, 0) is 31.7 Å². The maximum absolute atomic E-state index is 13.5. The van der Waals surface area contributed by atoms with Crippen LogP contribution in [-0.4, -0.2) is 31.8 Å². The summed E-state index contributed by atoms with van der Waals surface area (Å²) in [6.07, 6.45) is 5.59. The number of fused-ring (bicyclic) bond motifs is 1. The molecule has 1 aliphatic rings. The van der Waals surface area contributed by atoms with Crippen molar-refractivity contribution in [3.05, 3.63) is 40.2 Å². The zero-order valence-corrected chi connectivity index (χ0v) is 15.5. The van der Waals surface area contributed by atoms with E-state index in [0.29, 0.717) is 42.0 Å². The lowest BCUT2D eigenvalue weighted by Crippen LogP contribution is -2.14. The van der Waals surface area contributed by atoms with Gasteiger partial charge in [0.2, 0.25) is 0 Å². The van der Waals surface area contributed by atoms with Crippen LogP contribution in [0.15, 0.2) is 24.7 Å². The lowest BCUT2D eigenvalue weighted by molar-refractivity contribution is -0.111. The number of nitrogens with one attached hydrogen (secondary N) is 1. The van der Waals surface area contributed by atoms with Crippen molar-refractivity contribution in [2.24, 2.45) is 5.92 Å². The zero-order chi connectivity index (χ0) is 19.7. The second-order valence-electron chi connectivity index (χ2n) is 6.72. The van der Waals surface area contributed by atoms with Crippen molar-refractivity contribution in [1.29, 1.82) is 0 Å². The Morgan fingerprint density at radius 2 is 2.11 bits per heavy atom. The Morgan fingerprint density at radius 1 is 1.32 bits per heavy atom. The third-order valence-corrected chi connectivity index (χ3v) is 6.16. The number of carbonyl (C=O) groups is 2. The fraction of sp³-hybridized carbons (Fsp3) is 0.389. The first-order chi connectivity index (χ1) is 13.6. The van der Waals surface area contributed by atoms with E-state index in [1.807, 2.05) is 0 Å². The number of carbonyl (C=O) groups excluding carboxylic acids is 2. The molecule has 3 heterocycles. The van der Waals surface area contributed by atoms with Crippen LogP contribution in [0.1, 0.15) is 58.4 Å². The molecule has 10 heteroatoms. The Hall–Kier alpha value is -2.75. The van der Waals surface area contributed by atoms with Crippen LogP contribution in [0.3, 0.4) is 0 Å². The molecule has 0 saturated heterocycles. The summed E-state index contributed by atoms with van der Waals surface area (Å²) in [5.41, 5.74) is 0.262. The summed E-state index contributed by atoms with van der Waals surface area (Å²) in [4.78, 5) is 31.7. The highest BCUT2D eigenvalue weighted by Crippen LogP contribution is 2.39. The van der Waals surface area contributed by atoms with Crippen molar-refractivity contribution < 1.29 is 18.4 Å². The van der Waals surface area contributed by atoms with E-state index in [2.05, 4.69) is 20.4 Å². The Kier molecular flexibility index (Phi) is 5.12. The Morgan fingerprint density at radius 3 is 2.82 bits per heavy atom. The molecule has 0 radical (unpaired) electrons. The third-order valence-electron chi connectivity index (χ3n) is 4.92. The van der Waals surface area contributed by atoms with E-state index in [0.717, 1.165) is 17.6 Å². The summed E-state index contributed by atoms with van der Waals surface area (Å²) in [5.74, 6) is -0.628. The first-order valence-electron chi connectivity index (χ1n) is 8.90. The second kappa shape index (κ2) is 7.70. The van der Waals surface area contributed by atoms with Gasteiger partial charge in [-0.2, -0.15) is 5.10 Å². The number of halogens is 2. The van der Waals surface area contributed by atoms with Crippen LogP contribution in [0.4, 0.5) is 14.5 Å². The molecule has 1 aliphatic carbocycles. The van der Waals surface area contributed by atoms with Gasteiger partial charge in [0.25, 0.3) is 12.3 Å². The largest absolute Gasteiger partial charge is 0.317 e. The first-order valence-corrected chi connectivity index (χ1v) is 9.72. The molecule has 3 aromatic heterocycles. The number of alkyl halides is 2. The molecule has 146 valence electrons. The van der Waals surface area contributed by atoms with Crippen LogP contribution in [0.2, 0.25) is 0 Å². The van der Waals surface area contributed by atoms with Crippen molar-refractivity contribution in [2.75, 3.05) is 5.32 Å². The molecule has 0 unspecified atom stereocenters. The SMILES string of the molecule is O=CC1CCC(c2nc(C(F)F)c(C(=O)Nc3cnn4cccnc34)s2)CC1. The number of rotatable bonds is 5. The highest BCUT2D eigenvalue weighted by Gasteiger charge is 2.30. The molecular formula is C18H17F2N5O2S. The fourth-order valence-corrected chi connectivity index (χ4v) is 4.57. The fourth-order valence-electron chi connectivity index (χ4n) is 3.43. The molecule has 0 aromatic carbocycles. The normalized spacial score (nSPS) is 19.8. The Balaban J connectivity index is 1.58. The molecule has 0 spiro atoms. The number of hydrogen-bond acceptors (Lipinski definition) is 6. The van der Waals surface area contributed by atoms with Crippen LogP contribution in [0, 0.1) is 5.92 Å². The lowest BCUT2D eigenvalue weighted by atomic mass is 9.83. The van der Waals surface area contributed by atoms with E-state index in [-0.39, 0.29) is 16.7 Å². The van der Waals surface area contributed by atoms with Gasteiger partial charge in [-0.3, -0.25) is 4.79 Å². The lowest BCUT2D eigenvalue weighted by Gasteiger charge is -2.23. The number of nitrogens with zero attached hydrogens (tertiary/aromatic N) is 4. The average molecular weight is 405 g/mol. The first kappa shape index (κ1) is 18.6. The van der Waals surface area contributed by atoms with Gasteiger partial charge in [-0.1, -0.05) is 0 Å².